The molecule has 1 aliphatic rings. The Labute approximate surface area is 237 Å². The number of nitrogens with zero attached hydrogens (tertiary/aromatic N) is 2. The van der Waals surface area contributed by atoms with Crippen molar-refractivity contribution in [3.05, 3.63) is 108 Å². The molecule has 5 nitrogen and oxygen atoms in total. The predicted molar refractivity (Wildman–Crippen MR) is 170 cm³/mol. The molecule has 1 aliphatic heterocycles. The number of unbranched alkanes of at least 4 members (excludes halogenated alkanes) is 1. The fourth-order valence-electron chi connectivity index (χ4n) is 4.86. The number of nitrogens with one attached hydrogen (secondary N) is 3. The minimum atomic E-state index is 0.237. The van der Waals surface area contributed by atoms with Crippen LogP contribution in [0.5, 0.6) is 0 Å². The monoisotopic (exact) mass is 535 g/mol. The Morgan fingerprint density at radius 1 is 0.744 bits per heavy atom. The largest absolute Gasteiger partial charge is 0.354 e. The molecule has 0 aromatic heterocycles. The molecule has 1 heterocycles. The molecule has 4 aromatic rings. The molecule has 0 unspecified atom stereocenters. The van der Waals surface area contributed by atoms with Crippen molar-refractivity contribution in [3.8, 4) is 0 Å². The van der Waals surface area contributed by atoms with Crippen LogP contribution in [0.2, 0.25) is 0 Å². The third-order valence-corrected chi connectivity index (χ3v) is 7.62. The first-order valence-electron chi connectivity index (χ1n) is 13.7. The molecule has 0 bridgehead atoms. The summed E-state index contributed by atoms with van der Waals surface area (Å²) in [7, 11) is 0. The number of rotatable bonds is 9. The maximum atomic E-state index is 6.13. The van der Waals surface area contributed by atoms with Gasteiger partial charge in [0, 0.05) is 23.8 Å². The van der Waals surface area contributed by atoms with Crippen molar-refractivity contribution in [2.45, 2.75) is 40.0 Å². The van der Waals surface area contributed by atoms with E-state index in [0.717, 1.165) is 64.9 Å². The van der Waals surface area contributed by atoms with Crippen molar-refractivity contribution in [1.29, 1.82) is 0 Å². The third kappa shape index (κ3) is 6.41. The Morgan fingerprint density at radius 3 is 1.82 bits per heavy atom. The number of thiocarbonyl (C=S) groups is 1. The first-order valence-corrected chi connectivity index (χ1v) is 14.2. The lowest BCUT2D eigenvalue weighted by atomic mass is 9.99. The van der Waals surface area contributed by atoms with Gasteiger partial charge in [-0.1, -0.05) is 91.6 Å². The smallest absolute Gasteiger partial charge is 0.105 e. The molecule has 5 rings (SSSR count). The van der Waals surface area contributed by atoms with Crippen molar-refractivity contribution in [2.24, 2.45) is 5.92 Å². The van der Waals surface area contributed by atoms with Gasteiger partial charge in [-0.05, 0) is 68.8 Å². The Kier molecular flexibility index (Phi) is 8.45. The normalized spacial score (nSPS) is 15.4. The van der Waals surface area contributed by atoms with Gasteiger partial charge < -0.3 is 10.6 Å². The van der Waals surface area contributed by atoms with E-state index in [1.54, 1.807) is 0 Å². The molecule has 0 aliphatic carbocycles. The number of hydrogen-bond acceptors (Lipinski definition) is 5. The molecule has 200 valence electrons. The zero-order valence-electron chi connectivity index (χ0n) is 22.9. The second-order valence-electron chi connectivity index (χ2n) is 10.2. The van der Waals surface area contributed by atoms with E-state index in [4.69, 9.17) is 12.2 Å². The summed E-state index contributed by atoms with van der Waals surface area (Å²) in [6.07, 6.45) is 3.33. The van der Waals surface area contributed by atoms with Gasteiger partial charge in [-0.3, -0.25) is 5.01 Å². The van der Waals surface area contributed by atoms with Crippen molar-refractivity contribution >= 4 is 51.3 Å². The van der Waals surface area contributed by atoms with Crippen molar-refractivity contribution < 1.29 is 0 Å². The van der Waals surface area contributed by atoms with Crippen LogP contribution in [0.3, 0.4) is 0 Å². The average Bonchev–Trinajstić information content (AvgIpc) is 2.96. The van der Waals surface area contributed by atoms with Gasteiger partial charge in [0.1, 0.15) is 4.99 Å². The topological polar surface area (TPSA) is 42.6 Å². The maximum Gasteiger partial charge on any atom is 0.105 e. The lowest BCUT2D eigenvalue weighted by Gasteiger charge is -2.44. The highest BCUT2D eigenvalue weighted by molar-refractivity contribution is 7.80. The molecule has 1 fully saturated rings. The molecule has 0 spiro atoms. The van der Waals surface area contributed by atoms with Gasteiger partial charge in [0.2, 0.25) is 0 Å². The first kappa shape index (κ1) is 26.7. The third-order valence-electron chi connectivity index (χ3n) is 7.10. The van der Waals surface area contributed by atoms with Crippen molar-refractivity contribution in [1.82, 2.24) is 5.53 Å². The standard InChI is InChI=1S/C33H37N5S/c1-4-5-10-26-23-37(31-13-8-6-11-29(31)34-27-19-15-24(2)16-20-27)36-38(33(26)39)32-14-9-7-12-30(32)35-28-21-17-25(3)18-22-28/h6-9,11-22,26,34-36H,4-5,10,23H2,1-3H3/t26-/m0/s1. The van der Waals surface area contributed by atoms with Crippen LogP contribution in [0.25, 0.3) is 0 Å². The van der Waals surface area contributed by atoms with Gasteiger partial charge in [-0.15, -0.1) is 5.53 Å². The van der Waals surface area contributed by atoms with Gasteiger partial charge in [0.15, 0.2) is 0 Å². The van der Waals surface area contributed by atoms with Crippen molar-refractivity contribution in [3.63, 3.8) is 0 Å². The Morgan fingerprint density at radius 2 is 1.26 bits per heavy atom. The van der Waals surface area contributed by atoms with Crippen molar-refractivity contribution in [2.75, 3.05) is 27.2 Å². The molecular formula is C33H37N5S. The molecule has 4 aromatic carbocycles. The maximum absolute atomic E-state index is 6.13. The number of aryl methyl sites for hydroxylation is 2. The average molecular weight is 536 g/mol. The zero-order valence-corrected chi connectivity index (χ0v) is 23.8. The van der Waals surface area contributed by atoms with Gasteiger partial charge in [0.05, 0.1) is 22.7 Å². The molecule has 0 saturated carbocycles. The summed E-state index contributed by atoms with van der Waals surface area (Å²) in [6.45, 7) is 7.25. The molecule has 0 radical (unpaired) electrons. The summed E-state index contributed by atoms with van der Waals surface area (Å²) in [6, 6.07) is 33.7. The summed E-state index contributed by atoms with van der Waals surface area (Å²) in [5, 5.41) is 11.5. The molecule has 1 atom stereocenters. The summed E-state index contributed by atoms with van der Waals surface area (Å²) < 4.78 is 0. The summed E-state index contributed by atoms with van der Waals surface area (Å²) in [5.74, 6) is 0.237. The van der Waals surface area contributed by atoms with E-state index in [1.807, 2.05) is 0 Å². The van der Waals surface area contributed by atoms with E-state index in [1.165, 1.54) is 11.1 Å². The Balaban J connectivity index is 1.48. The quantitative estimate of drug-likeness (QED) is 0.186. The van der Waals surface area contributed by atoms with E-state index in [-0.39, 0.29) is 5.92 Å². The lowest BCUT2D eigenvalue weighted by Crippen LogP contribution is -2.62. The van der Waals surface area contributed by atoms with E-state index < -0.39 is 0 Å². The van der Waals surface area contributed by atoms with Crippen LogP contribution in [-0.4, -0.2) is 11.5 Å². The highest BCUT2D eigenvalue weighted by atomic mass is 32.1. The van der Waals surface area contributed by atoms with Crippen LogP contribution in [-0.2, 0) is 0 Å². The van der Waals surface area contributed by atoms with Crippen LogP contribution in [0.4, 0.5) is 34.1 Å². The van der Waals surface area contributed by atoms with E-state index >= 15 is 0 Å². The number of hydrogen-bond donors (Lipinski definition) is 3. The number of benzene rings is 4. The fourth-order valence-corrected chi connectivity index (χ4v) is 5.19. The fraction of sp³-hybridized carbons (Fsp3) is 0.242. The second-order valence-corrected chi connectivity index (χ2v) is 10.7. The summed E-state index contributed by atoms with van der Waals surface area (Å²) in [5.41, 5.74) is 12.4. The number of hydrazine groups is 2. The molecule has 39 heavy (non-hydrogen) atoms. The van der Waals surface area contributed by atoms with Crippen LogP contribution in [0, 0.1) is 19.8 Å². The number of para-hydroxylation sites is 4. The molecular weight excluding hydrogens is 498 g/mol. The van der Waals surface area contributed by atoms with Crippen LogP contribution in [0.15, 0.2) is 97.1 Å². The molecule has 1 saturated heterocycles. The van der Waals surface area contributed by atoms with Gasteiger partial charge in [0.25, 0.3) is 0 Å². The Bertz CT molecular complexity index is 1400. The highest BCUT2D eigenvalue weighted by Gasteiger charge is 2.32. The molecule has 6 heteroatoms. The highest BCUT2D eigenvalue weighted by Crippen LogP contribution is 2.35. The summed E-state index contributed by atoms with van der Waals surface area (Å²) >= 11 is 6.13. The lowest BCUT2D eigenvalue weighted by molar-refractivity contribution is 0.489. The van der Waals surface area contributed by atoms with Crippen LogP contribution in [0.1, 0.15) is 37.3 Å². The predicted octanol–water partition coefficient (Wildman–Crippen LogP) is 8.67. The second kappa shape index (κ2) is 12.3. The van der Waals surface area contributed by atoms with E-state index in [9.17, 15) is 0 Å². The Hall–Kier alpha value is -3.87. The summed E-state index contributed by atoms with van der Waals surface area (Å²) in [4.78, 5) is 0.918. The first-order chi connectivity index (χ1) is 19.0. The van der Waals surface area contributed by atoms with Gasteiger partial charge >= 0.3 is 0 Å². The molecule has 3 N–H and O–H groups in total. The van der Waals surface area contributed by atoms with Gasteiger partial charge in [-0.2, -0.15) is 0 Å². The minimum absolute atomic E-state index is 0.237. The van der Waals surface area contributed by atoms with Gasteiger partial charge in [-0.25, -0.2) is 5.01 Å². The SMILES string of the molecule is CCCC[C@H]1CN(c2ccccc2Nc2ccc(C)cc2)NN(c2ccccc2Nc2ccc(C)cc2)C1=S. The molecule has 0 amide bonds. The van der Waals surface area contributed by atoms with E-state index in [0.29, 0.717) is 0 Å². The minimum Gasteiger partial charge on any atom is -0.354 e. The van der Waals surface area contributed by atoms with Crippen LogP contribution >= 0.6 is 12.2 Å². The van der Waals surface area contributed by atoms with Crippen LogP contribution < -0.4 is 26.2 Å². The number of anilines is 6. The zero-order chi connectivity index (χ0) is 27.2. The van der Waals surface area contributed by atoms with E-state index in [2.05, 4.69) is 144 Å².